The van der Waals surface area contributed by atoms with Gasteiger partial charge >= 0.3 is 0 Å². The van der Waals surface area contributed by atoms with Gasteiger partial charge < -0.3 is 4.74 Å². The minimum absolute atomic E-state index is 0.338. The molecule has 1 aliphatic heterocycles. The Hall–Kier alpha value is -2.88. The predicted octanol–water partition coefficient (Wildman–Crippen LogP) is 3.67. The first-order chi connectivity index (χ1) is 11.2. The van der Waals surface area contributed by atoms with E-state index < -0.39 is 6.10 Å². The van der Waals surface area contributed by atoms with Gasteiger partial charge in [0.1, 0.15) is 0 Å². The number of ether oxygens (including phenoxy) is 1. The molecule has 0 saturated heterocycles. The number of hydrogen-bond donors (Lipinski definition) is 0. The summed E-state index contributed by atoms with van der Waals surface area (Å²) in [7, 11) is 0. The fourth-order valence-electron chi connectivity index (χ4n) is 2.64. The van der Waals surface area contributed by atoms with Crippen LogP contribution in [-0.4, -0.2) is 17.9 Å². The van der Waals surface area contributed by atoms with Crippen LogP contribution in [-0.2, 0) is 4.79 Å². The van der Waals surface area contributed by atoms with Crippen LogP contribution >= 0.6 is 0 Å². The average molecular weight is 307 g/mol. The molecule has 2 aromatic rings. The van der Waals surface area contributed by atoms with Crippen molar-refractivity contribution in [2.75, 3.05) is 4.90 Å². The highest BCUT2D eigenvalue weighted by Crippen LogP contribution is 2.39. The summed E-state index contributed by atoms with van der Waals surface area (Å²) in [5.74, 6) is -0.159. The molecule has 4 nitrogen and oxygen atoms in total. The first-order valence-electron chi connectivity index (χ1n) is 7.52. The summed E-state index contributed by atoms with van der Waals surface area (Å²) in [6.07, 6.45) is 1.48. The average Bonchev–Trinajstić information content (AvgIpc) is 2.60. The van der Waals surface area contributed by atoms with Gasteiger partial charge in [-0.05, 0) is 24.6 Å². The number of benzene rings is 2. The highest BCUT2D eigenvalue weighted by atomic mass is 16.5. The van der Waals surface area contributed by atoms with E-state index in [1.54, 1.807) is 42.5 Å². The number of nitrogens with zero attached hydrogens (tertiary/aromatic N) is 1. The molecule has 1 atom stereocenters. The molecule has 1 heterocycles. The second kappa shape index (κ2) is 6.08. The van der Waals surface area contributed by atoms with Crippen LogP contribution in [0.25, 0.3) is 6.08 Å². The lowest BCUT2D eigenvalue weighted by Crippen LogP contribution is -2.48. The van der Waals surface area contributed by atoms with Crippen molar-refractivity contribution in [2.45, 2.75) is 19.4 Å². The number of anilines is 1. The number of para-hydroxylation sites is 1. The van der Waals surface area contributed by atoms with Crippen LogP contribution in [0.15, 0.2) is 55.1 Å². The largest absolute Gasteiger partial charge is 0.478 e. The third-order valence-corrected chi connectivity index (χ3v) is 3.84. The SMILES string of the molecule is C=Cc1cccc2c1OC(CC)C(=O)N2C(=O)c1ccccc1. The molecule has 0 N–H and O–H groups in total. The molecule has 116 valence electrons. The van der Waals surface area contributed by atoms with Crippen molar-refractivity contribution in [1.82, 2.24) is 0 Å². The van der Waals surface area contributed by atoms with Crippen LogP contribution in [0.3, 0.4) is 0 Å². The molecule has 0 radical (unpaired) electrons. The normalized spacial score (nSPS) is 16.5. The minimum Gasteiger partial charge on any atom is -0.478 e. The van der Waals surface area contributed by atoms with E-state index in [4.69, 9.17) is 4.74 Å². The monoisotopic (exact) mass is 307 g/mol. The number of fused-ring (bicyclic) bond motifs is 1. The molecule has 2 amide bonds. The van der Waals surface area contributed by atoms with E-state index in [2.05, 4.69) is 6.58 Å². The van der Waals surface area contributed by atoms with Gasteiger partial charge in [-0.1, -0.05) is 49.9 Å². The van der Waals surface area contributed by atoms with E-state index in [-0.39, 0.29) is 11.8 Å². The summed E-state index contributed by atoms with van der Waals surface area (Å²) in [5, 5.41) is 0. The van der Waals surface area contributed by atoms with E-state index in [9.17, 15) is 9.59 Å². The van der Waals surface area contributed by atoms with Crippen LogP contribution in [0.1, 0.15) is 29.3 Å². The quantitative estimate of drug-likeness (QED) is 0.813. The second-order valence-corrected chi connectivity index (χ2v) is 5.26. The molecule has 1 unspecified atom stereocenters. The Morgan fingerprint density at radius 2 is 1.96 bits per heavy atom. The smallest absolute Gasteiger partial charge is 0.275 e. The molecule has 3 rings (SSSR count). The maximum absolute atomic E-state index is 12.9. The zero-order chi connectivity index (χ0) is 16.4. The van der Waals surface area contributed by atoms with Crippen LogP contribution in [0, 0.1) is 0 Å². The van der Waals surface area contributed by atoms with E-state index in [0.29, 0.717) is 23.4 Å². The summed E-state index contributed by atoms with van der Waals surface area (Å²) >= 11 is 0. The first-order valence-corrected chi connectivity index (χ1v) is 7.52. The van der Waals surface area contributed by atoms with Crippen LogP contribution in [0.2, 0.25) is 0 Å². The number of amides is 2. The van der Waals surface area contributed by atoms with Crippen LogP contribution in [0.5, 0.6) is 5.75 Å². The molecule has 0 aliphatic carbocycles. The molecule has 0 saturated carbocycles. The summed E-state index contributed by atoms with van der Waals surface area (Å²) in [6, 6.07) is 14.1. The molecule has 23 heavy (non-hydrogen) atoms. The molecular formula is C19H17NO3. The summed E-state index contributed by atoms with van der Waals surface area (Å²) in [4.78, 5) is 26.8. The van der Waals surface area contributed by atoms with Gasteiger partial charge in [-0.25, -0.2) is 4.90 Å². The van der Waals surface area contributed by atoms with Crippen molar-refractivity contribution < 1.29 is 14.3 Å². The van der Waals surface area contributed by atoms with Crippen molar-refractivity contribution >= 4 is 23.6 Å². The Balaban J connectivity index is 2.14. The molecule has 0 bridgehead atoms. The van der Waals surface area contributed by atoms with Crippen LogP contribution in [0.4, 0.5) is 5.69 Å². The highest BCUT2D eigenvalue weighted by Gasteiger charge is 2.38. The fraction of sp³-hybridized carbons (Fsp3) is 0.158. The summed E-state index contributed by atoms with van der Waals surface area (Å²) < 4.78 is 5.82. The lowest BCUT2D eigenvalue weighted by Gasteiger charge is -2.33. The van der Waals surface area contributed by atoms with Crippen molar-refractivity contribution in [3.8, 4) is 5.75 Å². The fourth-order valence-corrected chi connectivity index (χ4v) is 2.64. The molecular weight excluding hydrogens is 290 g/mol. The number of carbonyl (C=O) groups is 2. The Kier molecular flexibility index (Phi) is 3.98. The van der Waals surface area contributed by atoms with E-state index >= 15 is 0 Å². The zero-order valence-corrected chi connectivity index (χ0v) is 12.9. The van der Waals surface area contributed by atoms with Gasteiger partial charge in [-0.15, -0.1) is 0 Å². The van der Waals surface area contributed by atoms with Gasteiger partial charge in [0.05, 0.1) is 5.69 Å². The van der Waals surface area contributed by atoms with E-state index in [1.165, 1.54) is 4.90 Å². The standard InChI is InChI=1S/C19H17NO3/c1-3-13-11-8-12-15-17(13)23-16(4-2)19(22)20(15)18(21)14-9-6-5-7-10-14/h3,5-12,16H,1,4H2,2H3. The maximum Gasteiger partial charge on any atom is 0.275 e. The van der Waals surface area contributed by atoms with Crippen molar-refractivity contribution in [2.24, 2.45) is 0 Å². The predicted molar refractivity (Wildman–Crippen MR) is 89.5 cm³/mol. The lowest BCUT2D eigenvalue weighted by molar-refractivity contribution is -0.125. The number of imide groups is 1. The zero-order valence-electron chi connectivity index (χ0n) is 12.9. The highest BCUT2D eigenvalue weighted by molar-refractivity contribution is 6.23. The van der Waals surface area contributed by atoms with Gasteiger partial charge in [0.15, 0.2) is 11.9 Å². The first kappa shape index (κ1) is 15.0. The Bertz CT molecular complexity index is 767. The van der Waals surface area contributed by atoms with Gasteiger partial charge in [-0.3, -0.25) is 9.59 Å². The van der Waals surface area contributed by atoms with Gasteiger partial charge in [0, 0.05) is 11.1 Å². The Morgan fingerprint density at radius 3 is 2.61 bits per heavy atom. The van der Waals surface area contributed by atoms with E-state index in [1.807, 2.05) is 19.1 Å². The van der Waals surface area contributed by atoms with Crippen molar-refractivity contribution in [1.29, 1.82) is 0 Å². The number of hydrogen-bond acceptors (Lipinski definition) is 3. The van der Waals surface area contributed by atoms with E-state index in [0.717, 1.165) is 5.56 Å². The molecule has 4 heteroatoms. The van der Waals surface area contributed by atoms with Gasteiger partial charge in [-0.2, -0.15) is 0 Å². The molecule has 0 fully saturated rings. The maximum atomic E-state index is 12.9. The van der Waals surface area contributed by atoms with Gasteiger partial charge in [0.25, 0.3) is 11.8 Å². The summed E-state index contributed by atoms with van der Waals surface area (Å²) in [5.41, 5.74) is 1.69. The molecule has 0 spiro atoms. The summed E-state index contributed by atoms with van der Waals surface area (Å²) in [6.45, 7) is 5.63. The number of rotatable bonds is 3. The van der Waals surface area contributed by atoms with Gasteiger partial charge in [0.2, 0.25) is 0 Å². The van der Waals surface area contributed by atoms with Crippen LogP contribution < -0.4 is 9.64 Å². The topological polar surface area (TPSA) is 46.6 Å². The third kappa shape index (κ3) is 2.52. The minimum atomic E-state index is -0.670. The molecule has 0 aromatic heterocycles. The molecule has 1 aliphatic rings. The van der Waals surface area contributed by atoms with Crippen molar-refractivity contribution in [3.63, 3.8) is 0 Å². The van der Waals surface area contributed by atoms with Crippen molar-refractivity contribution in [3.05, 3.63) is 66.2 Å². The third-order valence-electron chi connectivity index (χ3n) is 3.84. The Morgan fingerprint density at radius 1 is 1.22 bits per heavy atom. The molecule has 2 aromatic carbocycles. The second-order valence-electron chi connectivity index (χ2n) is 5.26. The number of carbonyl (C=O) groups excluding carboxylic acids is 2. The lowest BCUT2D eigenvalue weighted by atomic mass is 10.1. The Labute approximate surface area is 135 Å².